The molecule has 1 N–H and O–H groups in total. The van der Waals surface area contributed by atoms with Crippen molar-refractivity contribution < 1.29 is 19.4 Å². The van der Waals surface area contributed by atoms with Crippen LogP contribution in [-0.2, 0) is 9.59 Å². The number of hydrogen-bond donors (Lipinski definition) is 1. The number of carboxylic acids is 1. The number of nitrogens with zero attached hydrogens (tertiary/aromatic N) is 1. The standard InChI is InChI=1S/C16H23NO4/c1-5-17(9-12(3)16(19)20)15(18)10-21-14-8-6-7-11(2)13(14)4/h6-8,12H,5,9-10H2,1-4H3,(H,19,20). The monoisotopic (exact) mass is 293 g/mol. The van der Waals surface area contributed by atoms with Crippen molar-refractivity contribution in [3.63, 3.8) is 0 Å². The van der Waals surface area contributed by atoms with Crippen molar-refractivity contribution in [3.05, 3.63) is 29.3 Å². The maximum Gasteiger partial charge on any atom is 0.308 e. The van der Waals surface area contributed by atoms with Gasteiger partial charge in [0, 0.05) is 13.1 Å². The van der Waals surface area contributed by atoms with Crippen LogP contribution >= 0.6 is 0 Å². The van der Waals surface area contributed by atoms with Crippen LogP contribution in [0.2, 0.25) is 0 Å². The minimum atomic E-state index is -0.906. The second-order valence-electron chi connectivity index (χ2n) is 5.16. The zero-order valence-corrected chi connectivity index (χ0v) is 13.0. The van der Waals surface area contributed by atoms with Crippen molar-refractivity contribution in [2.75, 3.05) is 19.7 Å². The Labute approximate surface area is 125 Å². The van der Waals surface area contributed by atoms with Gasteiger partial charge < -0.3 is 14.7 Å². The molecule has 5 heteroatoms. The topological polar surface area (TPSA) is 66.8 Å². The highest BCUT2D eigenvalue weighted by Crippen LogP contribution is 2.20. The summed E-state index contributed by atoms with van der Waals surface area (Å²) in [4.78, 5) is 24.5. The number of aliphatic carboxylic acids is 1. The molecule has 1 atom stereocenters. The zero-order chi connectivity index (χ0) is 16.0. The summed E-state index contributed by atoms with van der Waals surface area (Å²) >= 11 is 0. The van der Waals surface area contributed by atoms with E-state index in [0.717, 1.165) is 11.1 Å². The Bertz CT molecular complexity index is 513. The third kappa shape index (κ3) is 4.77. The summed E-state index contributed by atoms with van der Waals surface area (Å²) in [5.41, 5.74) is 2.11. The van der Waals surface area contributed by atoms with Gasteiger partial charge in [0.25, 0.3) is 5.91 Å². The molecule has 0 saturated carbocycles. The van der Waals surface area contributed by atoms with Crippen LogP contribution in [0, 0.1) is 19.8 Å². The normalized spacial score (nSPS) is 11.8. The summed E-state index contributed by atoms with van der Waals surface area (Å²) in [6, 6.07) is 5.69. The predicted octanol–water partition coefficient (Wildman–Crippen LogP) is 2.25. The molecule has 0 radical (unpaired) electrons. The number of benzene rings is 1. The Morgan fingerprint density at radius 1 is 1.33 bits per heavy atom. The van der Waals surface area contributed by atoms with E-state index in [1.165, 1.54) is 4.90 Å². The minimum Gasteiger partial charge on any atom is -0.483 e. The van der Waals surface area contributed by atoms with Gasteiger partial charge in [-0.15, -0.1) is 0 Å². The summed E-state index contributed by atoms with van der Waals surface area (Å²) in [5.74, 6) is -1.01. The highest BCUT2D eigenvalue weighted by atomic mass is 16.5. The van der Waals surface area contributed by atoms with Gasteiger partial charge in [-0.2, -0.15) is 0 Å². The molecule has 1 rings (SSSR count). The van der Waals surface area contributed by atoms with E-state index in [4.69, 9.17) is 9.84 Å². The molecule has 0 aliphatic carbocycles. The van der Waals surface area contributed by atoms with Crippen LogP contribution < -0.4 is 4.74 Å². The van der Waals surface area contributed by atoms with Crippen LogP contribution in [0.15, 0.2) is 18.2 Å². The summed E-state index contributed by atoms with van der Waals surface area (Å²) in [5, 5.41) is 8.91. The molecule has 5 nitrogen and oxygen atoms in total. The molecule has 1 amide bonds. The second-order valence-corrected chi connectivity index (χ2v) is 5.16. The first kappa shape index (κ1) is 17.0. The highest BCUT2D eigenvalue weighted by molar-refractivity contribution is 5.79. The fraction of sp³-hybridized carbons (Fsp3) is 0.500. The first-order chi connectivity index (χ1) is 9.86. The smallest absolute Gasteiger partial charge is 0.308 e. The Balaban J connectivity index is 2.62. The molecule has 0 fully saturated rings. The van der Waals surface area contributed by atoms with Crippen LogP contribution in [0.25, 0.3) is 0 Å². The van der Waals surface area contributed by atoms with Gasteiger partial charge >= 0.3 is 5.97 Å². The van der Waals surface area contributed by atoms with E-state index in [-0.39, 0.29) is 19.1 Å². The summed E-state index contributed by atoms with van der Waals surface area (Å²) < 4.78 is 5.57. The molecule has 116 valence electrons. The fourth-order valence-electron chi connectivity index (χ4n) is 1.93. The lowest BCUT2D eigenvalue weighted by atomic mass is 10.1. The lowest BCUT2D eigenvalue weighted by molar-refractivity contribution is -0.143. The van der Waals surface area contributed by atoms with Crippen molar-refractivity contribution in [1.82, 2.24) is 4.90 Å². The third-order valence-corrected chi connectivity index (χ3v) is 3.56. The maximum absolute atomic E-state index is 12.1. The van der Waals surface area contributed by atoms with Crippen LogP contribution in [-0.4, -0.2) is 41.6 Å². The van der Waals surface area contributed by atoms with Crippen molar-refractivity contribution in [2.24, 2.45) is 5.92 Å². The molecule has 0 bridgehead atoms. The van der Waals surface area contributed by atoms with Crippen LogP contribution in [0.3, 0.4) is 0 Å². The average Bonchev–Trinajstić information content (AvgIpc) is 2.45. The van der Waals surface area contributed by atoms with Gasteiger partial charge in [-0.05, 0) is 38.0 Å². The van der Waals surface area contributed by atoms with E-state index in [2.05, 4.69) is 0 Å². The number of hydrogen-bond acceptors (Lipinski definition) is 3. The Hall–Kier alpha value is -2.04. The van der Waals surface area contributed by atoms with Gasteiger partial charge in [-0.3, -0.25) is 9.59 Å². The largest absolute Gasteiger partial charge is 0.483 e. The number of likely N-dealkylation sites (N-methyl/N-ethyl adjacent to an activating group) is 1. The lowest BCUT2D eigenvalue weighted by Crippen LogP contribution is -2.39. The Kier molecular flexibility index (Phi) is 6.21. The Morgan fingerprint density at radius 2 is 2.00 bits per heavy atom. The number of rotatable bonds is 7. The molecule has 0 aliphatic rings. The summed E-state index contributed by atoms with van der Waals surface area (Å²) in [6.07, 6.45) is 0. The third-order valence-electron chi connectivity index (χ3n) is 3.56. The van der Waals surface area contributed by atoms with Gasteiger partial charge in [-0.25, -0.2) is 0 Å². The van der Waals surface area contributed by atoms with Gasteiger partial charge in [0.2, 0.25) is 0 Å². The van der Waals surface area contributed by atoms with E-state index in [1.54, 1.807) is 6.92 Å². The van der Waals surface area contributed by atoms with E-state index in [9.17, 15) is 9.59 Å². The number of carbonyl (C=O) groups excluding carboxylic acids is 1. The van der Waals surface area contributed by atoms with E-state index in [0.29, 0.717) is 12.3 Å². The number of carboxylic acid groups (broad SMARTS) is 1. The second kappa shape index (κ2) is 7.67. The van der Waals surface area contributed by atoms with Gasteiger partial charge in [0.15, 0.2) is 6.61 Å². The molecule has 0 heterocycles. The molecule has 0 aliphatic heterocycles. The van der Waals surface area contributed by atoms with Crippen molar-refractivity contribution in [3.8, 4) is 5.75 Å². The SMILES string of the molecule is CCN(CC(C)C(=O)O)C(=O)COc1cccc(C)c1C. The molecule has 0 saturated heterocycles. The van der Waals surface area contributed by atoms with Crippen LogP contribution in [0.5, 0.6) is 5.75 Å². The molecule has 0 aromatic heterocycles. The minimum absolute atomic E-state index is 0.0789. The van der Waals surface area contributed by atoms with Gasteiger partial charge in [-0.1, -0.05) is 19.1 Å². The first-order valence-corrected chi connectivity index (χ1v) is 7.06. The Morgan fingerprint density at radius 3 is 2.57 bits per heavy atom. The molecular formula is C16H23NO4. The summed E-state index contributed by atoms with van der Waals surface area (Å²) in [7, 11) is 0. The van der Waals surface area contributed by atoms with Gasteiger partial charge in [0.1, 0.15) is 5.75 Å². The molecule has 0 spiro atoms. The molecule has 1 unspecified atom stereocenters. The van der Waals surface area contributed by atoms with Crippen LogP contribution in [0.4, 0.5) is 0 Å². The van der Waals surface area contributed by atoms with Crippen molar-refractivity contribution >= 4 is 11.9 Å². The maximum atomic E-state index is 12.1. The van der Waals surface area contributed by atoms with Gasteiger partial charge in [0.05, 0.1) is 5.92 Å². The lowest BCUT2D eigenvalue weighted by Gasteiger charge is -2.23. The average molecular weight is 293 g/mol. The predicted molar refractivity (Wildman–Crippen MR) is 80.5 cm³/mol. The van der Waals surface area contributed by atoms with E-state index in [1.807, 2.05) is 39.0 Å². The summed E-state index contributed by atoms with van der Waals surface area (Å²) in [6.45, 7) is 7.92. The molecular weight excluding hydrogens is 270 g/mol. The highest BCUT2D eigenvalue weighted by Gasteiger charge is 2.19. The number of amides is 1. The fourth-order valence-corrected chi connectivity index (χ4v) is 1.93. The number of carbonyl (C=O) groups is 2. The van der Waals surface area contributed by atoms with Crippen LogP contribution in [0.1, 0.15) is 25.0 Å². The zero-order valence-electron chi connectivity index (χ0n) is 13.0. The first-order valence-electron chi connectivity index (χ1n) is 7.06. The molecule has 1 aromatic rings. The van der Waals surface area contributed by atoms with E-state index >= 15 is 0 Å². The number of aryl methyl sites for hydroxylation is 1. The quantitative estimate of drug-likeness (QED) is 0.837. The van der Waals surface area contributed by atoms with E-state index < -0.39 is 11.9 Å². The number of ether oxygens (including phenoxy) is 1. The molecule has 21 heavy (non-hydrogen) atoms. The van der Waals surface area contributed by atoms with Crippen molar-refractivity contribution in [1.29, 1.82) is 0 Å². The van der Waals surface area contributed by atoms with Crippen molar-refractivity contribution in [2.45, 2.75) is 27.7 Å². The molecule has 1 aromatic carbocycles.